The second kappa shape index (κ2) is 7.17. The van der Waals surface area contributed by atoms with Crippen LogP contribution in [0.2, 0.25) is 0 Å². The van der Waals surface area contributed by atoms with Gasteiger partial charge in [0.25, 0.3) is 5.89 Å². The van der Waals surface area contributed by atoms with Crippen molar-refractivity contribution >= 4 is 5.78 Å². The van der Waals surface area contributed by atoms with Gasteiger partial charge in [0.1, 0.15) is 11.5 Å². The Morgan fingerprint density at radius 3 is 2.24 bits per heavy atom. The standard InChI is InChI=1S/C19H18N2O4/c1-12(22)14-4-10-17(11-5-14)24-13(2)18-20-21-19(25-18)15-6-8-16(23-3)9-7-15/h4-11,13H,1-3H3/t13-/m0/s1. The van der Waals surface area contributed by atoms with Gasteiger partial charge < -0.3 is 13.9 Å². The number of ether oxygens (including phenoxy) is 2. The van der Waals surface area contributed by atoms with E-state index in [1.165, 1.54) is 6.92 Å². The van der Waals surface area contributed by atoms with E-state index in [2.05, 4.69) is 10.2 Å². The number of nitrogens with zero attached hydrogens (tertiary/aromatic N) is 2. The molecule has 0 saturated heterocycles. The van der Waals surface area contributed by atoms with Gasteiger partial charge in [-0.1, -0.05) is 0 Å². The third kappa shape index (κ3) is 3.85. The van der Waals surface area contributed by atoms with Gasteiger partial charge in [0.05, 0.1) is 7.11 Å². The average molecular weight is 338 g/mol. The van der Waals surface area contributed by atoms with E-state index < -0.39 is 6.10 Å². The number of aromatic nitrogens is 2. The Morgan fingerprint density at radius 1 is 1.00 bits per heavy atom. The molecular formula is C19H18N2O4. The number of benzene rings is 2. The highest BCUT2D eigenvalue weighted by molar-refractivity contribution is 5.94. The molecule has 6 heteroatoms. The zero-order chi connectivity index (χ0) is 17.8. The second-order valence-electron chi connectivity index (χ2n) is 5.51. The van der Waals surface area contributed by atoms with E-state index in [-0.39, 0.29) is 5.78 Å². The summed E-state index contributed by atoms with van der Waals surface area (Å²) in [5.41, 5.74) is 1.44. The van der Waals surface area contributed by atoms with Crippen LogP contribution in [0.25, 0.3) is 11.5 Å². The smallest absolute Gasteiger partial charge is 0.257 e. The molecule has 0 aliphatic heterocycles. The summed E-state index contributed by atoms with van der Waals surface area (Å²) < 4.78 is 16.6. The molecule has 128 valence electrons. The maximum atomic E-state index is 11.3. The molecule has 6 nitrogen and oxygen atoms in total. The summed E-state index contributed by atoms with van der Waals surface area (Å²) in [5.74, 6) is 2.19. The molecule has 0 amide bonds. The van der Waals surface area contributed by atoms with Crippen LogP contribution in [0.4, 0.5) is 0 Å². The fourth-order valence-corrected chi connectivity index (χ4v) is 2.27. The van der Waals surface area contributed by atoms with Crippen molar-refractivity contribution in [2.24, 2.45) is 0 Å². The fourth-order valence-electron chi connectivity index (χ4n) is 2.27. The predicted molar refractivity (Wildman–Crippen MR) is 91.8 cm³/mol. The number of rotatable bonds is 6. The Hall–Kier alpha value is -3.15. The number of carbonyl (C=O) groups is 1. The van der Waals surface area contributed by atoms with Gasteiger partial charge in [-0.3, -0.25) is 4.79 Å². The molecule has 3 rings (SSSR count). The Balaban J connectivity index is 1.71. The van der Waals surface area contributed by atoms with Gasteiger partial charge >= 0.3 is 0 Å². The first-order valence-corrected chi connectivity index (χ1v) is 7.82. The predicted octanol–water partition coefficient (Wildman–Crippen LogP) is 4.09. The highest BCUT2D eigenvalue weighted by Crippen LogP contribution is 2.25. The molecule has 0 spiro atoms. The zero-order valence-corrected chi connectivity index (χ0v) is 14.2. The molecule has 1 atom stereocenters. The van der Waals surface area contributed by atoms with Gasteiger partial charge in [-0.25, -0.2) is 0 Å². The van der Waals surface area contributed by atoms with Crippen LogP contribution < -0.4 is 9.47 Å². The van der Waals surface area contributed by atoms with Crippen molar-refractivity contribution in [3.63, 3.8) is 0 Å². The lowest BCUT2D eigenvalue weighted by Crippen LogP contribution is -2.03. The van der Waals surface area contributed by atoms with Crippen LogP contribution in [-0.4, -0.2) is 23.1 Å². The van der Waals surface area contributed by atoms with Crippen LogP contribution in [0.3, 0.4) is 0 Å². The van der Waals surface area contributed by atoms with Gasteiger partial charge in [-0.05, 0) is 62.4 Å². The molecule has 1 heterocycles. The van der Waals surface area contributed by atoms with E-state index in [4.69, 9.17) is 13.9 Å². The zero-order valence-electron chi connectivity index (χ0n) is 14.2. The average Bonchev–Trinajstić information content (AvgIpc) is 3.12. The first-order valence-electron chi connectivity index (χ1n) is 7.82. The third-order valence-electron chi connectivity index (χ3n) is 3.70. The van der Waals surface area contributed by atoms with Crippen molar-refractivity contribution in [3.05, 3.63) is 60.0 Å². The lowest BCUT2D eigenvalue weighted by atomic mass is 10.1. The minimum Gasteiger partial charge on any atom is -0.497 e. The van der Waals surface area contributed by atoms with Crippen LogP contribution >= 0.6 is 0 Å². The Kier molecular flexibility index (Phi) is 4.79. The van der Waals surface area contributed by atoms with Crippen molar-refractivity contribution in [2.45, 2.75) is 20.0 Å². The Bertz CT molecular complexity index is 854. The fraction of sp³-hybridized carbons (Fsp3) is 0.211. The van der Waals surface area contributed by atoms with Crippen LogP contribution in [0.15, 0.2) is 52.9 Å². The highest BCUT2D eigenvalue weighted by atomic mass is 16.5. The van der Waals surface area contributed by atoms with Crippen LogP contribution in [0.1, 0.15) is 36.2 Å². The minimum atomic E-state index is -0.414. The van der Waals surface area contributed by atoms with Gasteiger partial charge in [-0.2, -0.15) is 0 Å². The maximum Gasteiger partial charge on any atom is 0.257 e. The van der Waals surface area contributed by atoms with Crippen molar-refractivity contribution < 1.29 is 18.7 Å². The van der Waals surface area contributed by atoms with Crippen molar-refractivity contribution in [3.8, 4) is 23.0 Å². The second-order valence-corrected chi connectivity index (χ2v) is 5.51. The van der Waals surface area contributed by atoms with Crippen LogP contribution in [-0.2, 0) is 0 Å². The number of ketones is 1. The normalized spacial score (nSPS) is 11.8. The lowest BCUT2D eigenvalue weighted by molar-refractivity contribution is 0.101. The van der Waals surface area contributed by atoms with Crippen LogP contribution in [0, 0.1) is 0 Å². The number of Topliss-reactive ketones (excluding diaryl/α,β-unsaturated/α-hetero) is 1. The SMILES string of the molecule is COc1ccc(-c2nnc([C@H](C)Oc3ccc(C(C)=O)cc3)o2)cc1. The van der Waals surface area contributed by atoms with E-state index in [0.717, 1.165) is 11.3 Å². The molecule has 0 fully saturated rings. The van der Waals surface area contributed by atoms with Gasteiger partial charge in [0.2, 0.25) is 5.89 Å². The number of hydrogen-bond donors (Lipinski definition) is 0. The van der Waals surface area contributed by atoms with Gasteiger partial charge in [-0.15, -0.1) is 10.2 Å². The molecule has 2 aromatic carbocycles. The molecule has 0 bridgehead atoms. The quantitative estimate of drug-likeness (QED) is 0.630. The van der Waals surface area contributed by atoms with Gasteiger partial charge in [0, 0.05) is 11.1 Å². The summed E-state index contributed by atoms with van der Waals surface area (Å²) in [6, 6.07) is 14.3. The number of carbonyl (C=O) groups excluding carboxylic acids is 1. The summed E-state index contributed by atoms with van der Waals surface area (Å²) in [5, 5.41) is 8.11. The van der Waals surface area contributed by atoms with Gasteiger partial charge in [0.15, 0.2) is 11.9 Å². The van der Waals surface area contributed by atoms with E-state index >= 15 is 0 Å². The van der Waals surface area contributed by atoms with E-state index in [0.29, 0.717) is 23.1 Å². The summed E-state index contributed by atoms with van der Waals surface area (Å²) in [7, 11) is 1.61. The Morgan fingerprint density at radius 2 is 1.64 bits per heavy atom. The van der Waals surface area contributed by atoms with Crippen molar-refractivity contribution in [1.82, 2.24) is 10.2 Å². The van der Waals surface area contributed by atoms with E-state index in [1.54, 1.807) is 31.4 Å². The van der Waals surface area contributed by atoms with E-state index in [9.17, 15) is 4.79 Å². The largest absolute Gasteiger partial charge is 0.497 e. The first kappa shape index (κ1) is 16.7. The lowest BCUT2D eigenvalue weighted by Gasteiger charge is -2.11. The van der Waals surface area contributed by atoms with Crippen LogP contribution in [0.5, 0.6) is 11.5 Å². The first-order chi connectivity index (χ1) is 12.1. The molecule has 0 unspecified atom stereocenters. The van der Waals surface area contributed by atoms with E-state index in [1.807, 2.05) is 31.2 Å². The van der Waals surface area contributed by atoms with Crippen molar-refractivity contribution in [1.29, 1.82) is 0 Å². The molecule has 0 saturated carbocycles. The molecule has 25 heavy (non-hydrogen) atoms. The van der Waals surface area contributed by atoms with Crippen molar-refractivity contribution in [2.75, 3.05) is 7.11 Å². The number of hydrogen-bond acceptors (Lipinski definition) is 6. The topological polar surface area (TPSA) is 74.5 Å². The summed E-state index contributed by atoms with van der Waals surface area (Å²) in [6.45, 7) is 3.35. The molecule has 1 aromatic heterocycles. The summed E-state index contributed by atoms with van der Waals surface area (Å²) in [6.07, 6.45) is -0.414. The molecule has 3 aromatic rings. The summed E-state index contributed by atoms with van der Waals surface area (Å²) >= 11 is 0. The number of methoxy groups -OCH3 is 1. The maximum absolute atomic E-state index is 11.3. The molecule has 0 aliphatic carbocycles. The third-order valence-corrected chi connectivity index (χ3v) is 3.70. The highest BCUT2D eigenvalue weighted by Gasteiger charge is 2.17. The molecular weight excluding hydrogens is 320 g/mol. The Labute approximate surface area is 145 Å². The molecule has 0 radical (unpaired) electrons. The summed E-state index contributed by atoms with van der Waals surface area (Å²) in [4.78, 5) is 11.3. The molecule has 0 N–H and O–H groups in total. The monoisotopic (exact) mass is 338 g/mol. The molecule has 0 aliphatic rings. The minimum absolute atomic E-state index is 0.0145.